The van der Waals surface area contributed by atoms with Crippen LogP contribution in [-0.4, -0.2) is 6.86 Å². The third-order valence-electron chi connectivity index (χ3n) is 3.63. The van der Waals surface area contributed by atoms with Crippen LogP contribution in [0.3, 0.4) is 0 Å². The first-order valence-corrected chi connectivity index (χ1v) is 5.97. The van der Waals surface area contributed by atoms with Gasteiger partial charge in [-0.1, -0.05) is 26.8 Å². The van der Waals surface area contributed by atoms with E-state index in [-0.39, 0.29) is 11.2 Å². The maximum atomic E-state index is 13.4. The topological polar surface area (TPSA) is 9.23 Å². The monoisotopic (exact) mass is 242 g/mol. The van der Waals surface area contributed by atoms with Gasteiger partial charge >= 0.3 is 0 Å². The fourth-order valence-electron chi connectivity index (χ4n) is 1.94. The number of rotatable bonds is 3. The predicted octanol–water partition coefficient (Wildman–Crippen LogP) is 4.68. The summed E-state index contributed by atoms with van der Waals surface area (Å²) >= 11 is 0. The summed E-state index contributed by atoms with van der Waals surface area (Å²) in [7, 11) is 0. The van der Waals surface area contributed by atoms with Crippen LogP contribution in [0.2, 0.25) is 0 Å². The molecule has 0 aromatic rings. The molecule has 1 nitrogen and oxygen atoms in total. The van der Waals surface area contributed by atoms with Crippen LogP contribution in [0.5, 0.6) is 0 Å². The molecule has 0 aromatic heterocycles. The van der Waals surface area contributed by atoms with Crippen molar-refractivity contribution in [2.75, 3.05) is 6.86 Å². The van der Waals surface area contributed by atoms with E-state index in [1.807, 2.05) is 12.2 Å². The highest BCUT2D eigenvalue weighted by Crippen LogP contribution is 2.37. The zero-order valence-corrected chi connectivity index (χ0v) is 10.7. The third kappa shape index (κ3) is 3.69. The van der Waals surface area contributed by atoms with E-state index in [1.165, 1.54) is 12.2 Å². The van der Waals surface area contributed by atoms with Crippen molar-refractivity contribution < 1.29 is 13.5 Å². The van der Waals surface area contributed by atoms with Gasteiger partial charge in [0.1, 0.15) is 11.6 Å². The van der Waals surface area contributed by atoms with E-state index in [0.717, 1.165) is 12.8 Å². The number of hydrogen-bond acceptors (Lipinski definition) is 1. The molecule has 0 bridgehead atoms. The van der Waals surface area contributed by atoms with Crippen LogP contribution in [0, 0.1) is 11.3 Å². The molecule has 17 heavy (non-hydrogen) atoms. The van der Waals surface area contributed by atoms with Gasteiger partial charge in [-0.2, -0.15) is 0 Å². The molecule has 0 saturated heterocycles. The fourth-order valence-corrected chi connectivity index (χ4v) is 1.94. The van der Waals surface area contributed by atoms with Crippen molar-refractivity contribution in [2.45, 2.75) is 33.6 Å². The molecule has 0 amide bonds. The Bertz CT molecular complexity index is 344. The van der Waals surface area contributed by atoms with Crippen molar-refractivity contribution in [3.05, 3.63) is 35.9 Å². The van der Waals surface area contributed by atoms with Gasteiger partial charge in [-0.15, -0.1) is 0 Å². The van der Waals surface area contributed by atoms with E-state index in [9.17, 15) is 8.78 Å². The van der Waals surface area contributed by atoms with Crippen LogP contribution >= 0.6 is 0 Å². The molecule has 0 aliphatic heterocycles. The van der Waals surface area contributed by atoms with Gasteiger partial charge in [-0.25, -0.2) is 8.78 Å². The molecule has 0 aromatic carbocycles. The van der Waals surface area contributed by atoms with E-state index < -0.39 is 12.7 Å². The molecule has 2 atom stereocenters. The van der Waals surface area contributed by atoms with Gasteiger partial charge in [-0.3, -0.25) is 0 Å². The smallest absolute Gasteiger partial charge is 0.228 e. The highest BCUT2D eigenvalue weighted by molar-refractivity contribution is 5.25. The molecule has 1 aliphatic rings. The summed E-state index contributed by atoms with van der Waals surface area (Å²) < 4.78 is 30.5. The van der Waals surface area contributed by atoms with Crippen LogP contribution < -0.4 is 0 Å². The van der Waals surface area contributed by atoms with Crippen LogP contribution in [-0.2, 0) is 4.74 Å². The Kier molecular flexibility index (Phi) is 4.91. The summed E-state index contributed by atoms with van der Waals surface area (Å²) in [6.07, 6.45) is 8.00. The first-order chi connectivity index (χ1) is 8.01. The summed E-state index contributed by atoms with van der Waals surface area (Å²) in [6.45, 7) is 5.33. The van der Waals surface area contributed by atoms with Crippen molar-refractivity contribution in [2.24, 2.45) is 11.3 Å². The van der Waals surface area contributed by atoms with Gasteiger partial charge in [0.25, 0.3) is 0 Å². The SMILES string of the molecule is CCC1(C)/C=C(OCF)/C=C(F)\C=C/CC1C. The summed E-state index contributed by atoms with van der Waals surface area (Å²) in [5.74, 6) is 0.214. The van der Waals surface area contributed by atoms with Crippen molar-refractivity contribution in [1.82, 2.24) is 0 Å². The number of allylic oxidation sites excluding steroid dienone is 5. The third-order valence-corrected chi connectivity index (χ3v) is 3.63. The van der Waals surface area contributed by atoms with Crippen molar-refractivity contribution >= 4 is 0 Å². The second-order valence-corrected chi connectivity index (χ2v) is 4.73. The molecule has 0 heterocycles. The zero-order valence-electron chi connectivity index (χ0n) is 10.7. The Balaban J connectivity index is 3.13. The molecule has 2 unspecified atom stereocenters. The lowest BCUT2D eigenvalue weighted by Crippen LogP contribution is -2.22. The largest absolute Gasteiger partial charge is 0.463 e. The second-order valence-electron chi connectivity index (χ2n) is 4.73. The summed E-state index contributed by atoms with van der Waals surface area (Å²) in [6, 6.07) is 0. The molecule has 0 fully saturated rings. The lowest BCUT2D eigenvalue weighted by atomic mass is 9.74. The minimum Gasteiger partial charge on any atom is -0.463 e. The minimum absolute atomic E-state index is 0.115. The molecule has 1 aliphatic carbocycles. The van der Waals surface area contributed by atoms with Gasteiger partial charge in [0, 0.05) is 6.08 Å². The number of ether oxygens (including phenoxy) is 1. The van der Waals surface area contributed by atoms with E-state index in [2.05, 4.69) is 20.8 Å². The fraction of sp³-hybridized carbons (Fsp3) is 0.571. The minimum atomic E-state index is -0.937. The maximum absolute atomic E-state index is 13.4. The molecular formula is C14H20F2O. The van der Waals surface area contributed by atoms with Crippen molar-refractivity contribution in [3.8, 4) is 0 Å². The van der Waals surface area contributed by atoms with E-state index in [1.54, 1.807) is 0 Å². The van der Waals surface area contributed by atoms with Gasteiger partial charge in [-0.05, 0) is 36.3 Å². The van der Waals surface area contributed by atoms with Crippen LogP contribution in [0.15, 0.2) is 35.9 Å². The summed E-state index contributed by atoms with van der Waals surface area (Å²) in [5, 5.41) is 0. The van der Waals surface area contributed by atoms with Gasteiger partial charge in [0.05, 0.1) is 0 Å². The predicted molar refractivity (Wildman–Crippen MR) is 65.7 cm³/mol. The average molecular weight is 242 g/mol. The standard InChI is InChI=1S/C14H20F2O/c1-4-14(3)9-13(17-10-15)8-12(16)7-5-6-11(14)2/h5,7-9,11H,4,6,10H2,1-3H3/b7-5-,12-8+,13-9-. The van der Waals surface area contributed by atoms with Gasteiger partial charge in [0.15, 0.2) is 0 Å². The van der Waals surface area contributed by atoms with Crippen LogP contribution in [0.4, 0.5) is 8.78 Å². The van der Waals surface area contributed by atoms with E-state index in [4.69, 9.17) is 4.74 Å². The lowest BCUT2D eigenvalue weighted by molar-refractivity contribution is 0.117. The number of halogens is 2. The first-order valence-electron chi connectivity index (χ1n) is 5.97. The van der Waals surface area contributed by atoms with Gasteiger partial charge in [0.2, 0.25) is 6.86 Å². The molecular weight excluding hydrogens is 222 g/mol. The normalized spacial score (nSPS) is 37.8. The molecule has 0 saturated carbocycles. The molecule has 1 rings (SSSR count). The highest BCUT2D eigenvalue weighted by Gasteiger charge is 2.27. The first kappa shape index (κ1) is 13.9. The zero-order chi connectivity index (χ0) is 12.9. The number of hydrogen-bond donors (Lipinski definition) is 0. The van der Waals surface area contributed by atoms with Crippen LogP contribution in [0.1, 0.15) is 33.6 Å². The molecule has 0 radical (unpaired) electrons. The van der Waals surface area contributed by atoms with E-state index >= 15 is 0 Å². The molecule has 0 spiro atoms. The van der Waals surface area contributed by atoms with E-state index in [0.29, 0.717) is 5.92 Å². The van der Waals surface area contributed by atoms with Gasteiger partial charge < -0.3 is 4.74 Å². The Labute approximate surface area is 102 Å². The quantitative estimate of drug-likeness (QED) is 0.698. The van der Waals surface area contributed by atoms with Crippen LogP contribution in [0.25, 0.3) is 0 Å². The molecule has 3 heteroatoms. The second kappa shape index (κ2) is 5.99. The molecule has 0 N–H and O–H groups in total. The average Bonchev–Trinajstić information content (AvgIpc) is 2.32. The molecule has 96 valence electrons. The number of alkyl halides is 1. The Morgan fingerprint density at radius 2 is 2.24 bits per heavy atom. The lowest BCUT2D eigenvalue weighted by Gasteiger charge is -2.31. The summed E-state index contributed by atoms with van der Waals surface area (Å²) in [5.41, 5.74) is -0.115. The Morgan fingerprint density at radius 1 is 1.53 bits per heavy atom. The maximum Gasteiger partial charge on any atom is 0.228 e. The Hall–Kier alpha value is -1.12. The van der Waals surface area contributed by atoms with Crippen molar-refractivity contribution in [1.29, 1.82) is 0 Å². The summed E-state index contributed by atoms with van der Waals surface area (Å²) in [4.78, 5) is 0. The Morgan fingerprint density at radius 3 is 2.82 bits per heavy atom. The highest BCUT2D eigenvalue weighted by atomic mass is 19.1. The van der Waals surface area contributed by atoms with Crippen molar-refractivity contribution in [3.63, 3.8) is 0 Å².